The molecule has 1 rings (SSSR count). The van der Waals surface area contributed by atoms with Gasteiger partial charge in [0.2, 0.25) is 0 Å². The molecule has 0 N–H and O–H groups in total. The van der Waals surface area contributed by atoms with E-state index in [1.54, 1.807) is 6.07 Å². The fourth-order valence-corrected chi connectivity index (χ4v) is 1.72. The van der Waals surface area contributed by atoms with E-state index in [0.717, 1.165) is 12.0 Å². The Bertz CT molecular complexity index is 404. The van der Waals surface area contributed by atoms with Crippen LogP contribution in [0, 0.1) is 23.0 Å². The van der Waals surface area contributed by atoms with Crippen molar-refractivity contribution in [3.05, 3.63) is 46.4 Å². The predicted octanol–water partition coefficient (Wildman–Crippen LogP) is 3.68. The molecule has 0 bridgehead atoms. The molecule has 93 valence electrons. The van der Waals surface area contributed by atoms with Gasteiger partial charge in [-0.1, -0.05) is 19.9 Å². The molecule has 4 heteroatoms. The van der Waals surface area contributed by atoms with E-state index in [1.807, 2.05) is 19.9 Å². The lowest BCUT2D eigenvalue weighted by Gasteiger charge is -2.11. The van der Waals surface area contributed by atoms with E-state index in [1.165, 1.54) is 6.07 Å². The largest absolute Gasteiger partial charge is 0.269 e. The van der Waals surface area contributed by atoms with Gasteiger partial charge in [0.25, 0.3) is 5.69 Å². The highest BCUT2D eigenvalue weighted by Crippen LogP contribution is 2.24. The summed E-state index contributed by atoms with van der Waals surface area (Å²) < 4.78 is 12.6. The normalized spacial score (nSPS) is 12.8. The highest BCUT2D eigenvalue weighted by molar-refractivity contribution is 5.41. The summed E-state index contributed by atoms with van der Waals surface area (Å²) in [6, 6.07) is 4.76. The molecule has 0 aliphatic rings. The SMILES string of the molecule is [CH2]C(CF)c1cc(CC(C)C)cc([N+](=O)[O-])c1. The van der Waals surface area contributed by atoms with Crippen LogP contribution in [0.3, 0.4) is 0 Å². The molecule has 1 aromatic carbocycles. The van der Waals surface area contributed by atoms with Crippen molar-refractivity contribution < 1.29 is 9.31 Å². The first-order valence-corrected chi connectivity index (χ1v) is 5.61. The van der Waals surface area contributed by atoms with Gasteiger partial charge in [-0.3, -0.25) is 14.5 Å². The van der Waals surface area contributed by atoms with E-state index in [0.29, 0.717) is 11.5 Å². The molecule has 0 aliphatic carbocycles. The van der Waals surface area contributed by atoms with Crippen molar-refractivity contribution in [2.75, 3.05) is 6.67 Å². The van der Waals surface area contributed by atoms with Gasteiger partial charge < -0.3 is 0 Å². The van der Waals surface area contributed by atoms with Crippen molar-refractivity contribution in [2.45, 2.75) is 26.2 Å². The van der Waals surface area contributed by atoms with Crippen molar-refractivity contribution in [1.29, 1.82) is 0 Å². The third kappa shape index (κ3) is 3.80. The Labute approximate surface area is 101 Å². The quantitative estimate of drug-likeness (QED) is 0.580. The fourth-order valence-electron chi connectivity index (χ4n) is 1.72. The van der Waals surface area contributed by atoms with Crippen LogP contribution in [0.15, 0.2) is 18.2 Å². The van der Waals surface area contributed by atoms with Gasteiger partial charge in [0.1, 0.15) is 0 Å². The van der Waals surface area contributed by atoms with Gasteiger partial charge in [0, 0.05) is 18.1 Å². The van der Waals surface area contributed by atoms with Crippen LogP contribution < -0.4 is 0 Å². The molecule has 0 saturated carbocycles. The first kappa shape index (κ1) is 13.6. The maximum Gasteiger partial charge on any atom is 0.269 e. The zero-order valence-corrected chi connectivity index (χ0v) is 10.1. The number of nitro benzene ring substituents is 1. The topological polar surface area (TPSA) is 43.1 Å². The number of nitro groups is 1. The first-order chi connectivity index (χ1) is 7.93. The highest BCUT2D eigenvalue weighted by Gasteiger charge is 2.14. The van der Waals surface area contributed by atoms with Crippen LogP contribution in [-0.4, -0.2) is 11.6 Å². The second kappa shape index (κ2) is 5.75. The summed E-state index contributed by atoms with van der Waals surface area (Å²) in [6.07, 6.45) is 0.744. The molecular weight excluding hydrogens is 221 g/mol. The minimum absolute atomic E-state index is 0.0141. The monoisotopic (exact) mass is 238 g/mol. The fraction of sp³-hybridized carbons (Fsp3) is 0.462. The number of hydrogen-bond donors (Lipinski definition) is 0. The number of rotatable bonds is 5. The van der Waals surface area contributed by atoms with Gasteiger partial charge in [0.15, 0.2) is 0 Å². The average Bonchev–Trinajstić information content (AvgIpc) is 2.26. The Kier molecular flexibility index (Phi) is 4.61. The Morgan fingerprint density at radius 1 is 1.41 bits per heavy atom. The molecule has 1 atom stereocenters. The van der Waals surface area contributed by atoms with Crippen molar-refractivity contribution in [3.8, 4) is 0 Å². The molecule has 1 aromatic rings. The molecular formula is C13H17FNO2. The van der Waals surface area contributed by atoms with Gasteiger partial charge >= 0.3 is 0 Å². The summed E-state index contributed by atoms with van der Waals surface area (Å²) in [7, 11) is 0. The molecule has 1 radical (unpaired) electrons. The van der Waals surface area contributed by atoms with Crippen LogP contribution in [0.25, 0.3) is 0 Å². The summed E-state index contributed by atoms with van der Waals surface area (Å²) in [5, 5.41) is 10.8. The summed E-state index contributed by atoms with van der Waals surface area (Å²) in [6.45, 7) is 7.12. The summed E-state index contributed by atoms with van der Waals surface area (Å²) >= 11 is 0. The minimum atomic E-state index is -0.609. The third-order valence-corrected chi connectivity index (χ3v) is 2.51. The highest BCUT2D eigenvalue weighted by atomic mass is 19.1. The van der Waals surface area contributed by atoms with Gasteiger partial charge in [-0.25, -0.2) is 0 Å². The predicted molar refractivity (Wildman–Crippen MR) is 65.7 cm³/mol. The Morgan fingerprint density at radius 2 is 2.06 bits per heavy atom. The molecule has 0 saturated heterocycles. The van der Waals surface area contributed by atoms with Crippen molar-refractivity contribution in [3.63, 3.8) is 0 Å². The van der Waals surface area contributed by atoms with E-state index in [2.05, 4.69) is 6.92 Å². The Morgan fingerprint density at radius 3 is 2.53 bits per heavy atom. The lowest BCUT2D eigenvalue weighted by molar-refractivity contribution is -0.385. The van der Waals surface area contributed by atoms with Crippen LogP contribution in [-0.2, 0) is 6.42 Å². The lowest BCUT2D eigenvalue weighted by Crippen LogP contribution is -2.02. The number of non-ortho nitro benzene ring substituents is 1. The molecule has 0 aliphatic heterocycles. The molecule has 0 aromatic heterocycles. The van der Waals surface area contributed by atoms with Crippen molar-refractivity contribution in [1.82, 2.24) is 0 Å². The van der Waals surface area contributed by atoms with Gasteiger partial charge in [-0.2, -0.15) is 0 Å². The Balaban J connectivity index is 3.13. The zero-order chi connectivity index (χ0) is 13.0. The number of hydrogen-bond acceptors (Lipinski definition) is 2. The van der Waals surface area contributed by atoms with Gasteiger partial charge in [-0.15, -0.1) is 0 Å². The second-order valence-electron chi connectivity index (χ2n) is 4.64. The van der Waals surface area contributed by atoms with E-state index in [-0.39, 0.29) is 5.69 Å². The summed E-state index contributed by atoms with van der Waals surface area (Å²) in [5.74, 6) is -0.140. The van der Waals surface area contributed by atoms with Gasteiger partial charge in [0.05, 0.1) is 11.6 Å². The zero-order valence-electron chi connectivity index (χ0n) is 10.1. The standard InChI is InChI=1S/C13H17FNO2/c1-9(2)4-11-5-12(10(3)8-14)7-13(6-11)15(16)17/h5-7,9-10H,3-4,8H2,1-2H3. The average molecular weight is 238 g/mol. The van der Waals surface area contributed by atoms with Crippen molar-refractivity contribution in [2.24, 2.45) is 5.92 Å². The van der Waals surface area contributed by atoms with Crippen LogP contribution in [0.2, 0.25) is 0 Å². The number of nitrogens with zero attached hydrogens (tertiary/aromatic N) is 1. The van der Waals surface area contributed by atoms with E-state index in [9.17, 15) is 14.5 Å². The lowest BCUT2D eigenvalue weighted by atomic mass is 9.95. The van der Waals surface area contributed by atoms with Gasteiger partial charge in [-0.05, 0) is 30.4 Å². The van der Waals surface area contributed by atoms with Crippen LogP contribution in [0.5, 0.6) is 0 Å². The summed E-state index contributed by atoms with van der Waals surface area (Å²) in [5.41, 5.74) is 1.48. The number of benzene rings is 1. The maximum atomic E-state index is 12.6. The van der Waals surface area contributed by atoms with E-state index >= 15 is 0 Å². The van der Waals surface area contributed by atoms with E-state index in [4.69, 9.17) is 0 Å². The third-order valence-electron chi connectivity index (χ3n) is 2.51. The minimum Gasteiger partial charge on any atom is -0.258 e. The maximum absolute atomic E-state index is 12.6. The smallest absolute Gasteiger partial charge is 0.258 e. The van der Waals surface area contributed by atoms with Crippen LogP contribution in [0.1, 0.15) is 30.9 Å². The second-order valence-corrected chi connectivity index (χ2v) is 4.64. The summed E-state index contributed by atoms with van der Waals surface area (Å²) in [4.78, 5) is 10.3. The first-order valence-electron chi connectivity index (χ1n) is 5.61. The number of alkyl halides is 1. The number of halogens is 1. The van der Waals surface area contributed by atoms with Crippen molar-refractivity contribution >= 4 is 5.69 Å². The molecule has 1 unspecified atom stereocenters. The van der Waals surface area contributed by atoms with Crippen LogP contribution >= 0.6 is 0 Å². The molecule has 0 spiro atoms. The molecule has 0 heterocycles. The van der Waals surface area contributed by atoms with E-state index < -0.39 is 17.5 Å². The molecule has 3 nitrogen and oxygen atoms in total. The molecule has 0 fully saturated rings. The Hall–Kier alpha value is -1.45. The molecule has 0 amide bonds. The molecule has 17 heavy (non-hydrogen) atoms. The van der Waals surface area contributed by atoms with Crippen LogP contribution in [0.4, 0.5) is 10.1 Å².